The molecule has 0 radical (unpaired) electrons. The fourth-order valence-corrected chi connectivity index (χ4v) is 2.87. The van der Waals surface area contributed by atoms with Gasteiger partial charge in [-0.3, -0.25) is 9.59 Å². The van der Waals surface area contributed by atoms with Crippen LogP contribution in [0.5, 0.6) is 0 Å². The highest BCUT2D eigenvalue weighted by atomic mass is 32.2. The lowest BCUT2D eigenvalue weighted by Gasteiger charge is -2.20. The third-order valence-electron chi connectivity index (χ3n) is 3.04. The van der Waals surface area contributed by atoms with E-state index in [-0.39, 0.29) is 23.3 Å². The van der Waals surface area contributed by atoms with Crippen LogP contribution in [-0.2, 0) is 9.53 Å². The Morgan fingerprint density at radius 1 is 1.24 bits per heavy atom. The summed E-state index contributed by atoms with van der Waals surface area (Å²) in [6.07, 6.45) is 0. The average molecular weight is 371 g/mol. The number of esters is 1. The van der Waals surface area contributed by atoms with E-state index in [1.165, 1.54) is 0 Å². The van der Waals surface area contributed by atoms with E-state index in [1.54, 1.807) is 13.8 Å². The Morgan fingerprint density at radius 2 is 1.88 bits per heavy atom. The molecule has 25 heavy (non-hydrogen) atoms. The van der Waals surface area contributed by atoms with Crippen LogP contribution in [0.15, 0.2) is 22.1 Å². The van der Waals surface area contributed by atoms with Crippen molar-refractivity contribution in [2.24, 2.45) is 17.0 Å². The van der Waals surface area contributed by atoms with Gasteiger partial charge in [0.15, 0.2) is 0 Å². The van der Waals surface area contributed by atoms with E-state index in [9.17, 15) is 18.4 Å². The number of carbonyl (C=O) groups is 2. The first-order valence-electron chi connectivity index (χ1n) is 7.59. The maximum Gasteiger partial charge on any atom is 0.319 e. The number of thioether (sulfide) groups is 1. The Morgan fingerprint density at radius 3 is 2.40 bits per heavy atom. The van der Waals surface area contributed by atoms with Gasteiger partial charge < -0.3 is 4.74 Å². The Labute approximate surface area is 148 Å². The standard InChI is InChI=1S/C16H19F2N3O3S/c1-8(2)7-24-16(23)14(9(3)4)25-13-5-10(15(22)20-21-19)11(17)6-12(13)18/h5-6,8-9,14H,7H2,1-4H3. The summed E-state index contributed by atoms with van der Waals surface area (Å²) in [5.41, 5.74) is 7.73. The van der Waals surface area contributed by atoms with Crippen molar-refractivity contribution in [3.63, 3.8) is 0 Å². The van der Waals surface area contributed by atoms with Gasteiger partial charge in [-0.2, -0.15) is 0 Å². The second-order valence-corrected chi connectivity index (χ2v) is 7.25. The van der Waals surface area contributed by atoms with E-state index in [0.29, 0.717) is 6.07 Å². The molecule has 136 valence electrons. The van der Waals surface area contributed by atoms with Gasteiger partial charge in [0.05, 0.1) is 12.2 Å². The van der Waals surface area contributed by atoms with Gasteiger partial charge in [-0.1, -0.05) is 27.7 Å². The van der Waals surface area contributed by atoms with Crippen molar-refractivity contribution < 1.29 is 23.1 Å². The van der Waals surface area contributed by atoms with Gasteiger partial charge in [-0.05, 0) is 28.5 Å². The number of carbonyl (C=O) groups excluding carboxylic acids is 2. The molecule has 0 N–H and O–H groups in total. The molecular formula is C16H19F2N3O3S. The molecule has 1 unspecified atom stereocenters. The minimum Gasteiger partial charge on any atom is -0.465 e. The first kappa shape index (κ1) is 20.9. The van der Waals surface area contributed by atoms with E-state index in [4.69, 9.17) is 10.3 Å². The van der Waals surface area contributed by atoms with E-state index in [0.717, 1.165) is 17.8 Å². The van der Waals surface area contributed by atoms with Crippen molar-refractivity contribution in [3.8, 4) is 0 Å². The molecule has 0 aliphatic heterocycles. The molecule has 1 aromatic rings. The maximum absolute atomic E-state index is 14.1. The van der Waals surface area contributed by atoms with Crippen LogP contribution in [0.3, 0.4) is 0 Å². The first-order valence-corrected chi connectivity index (χ1v) is 8.47. The zero-order chi connectivity index (χ0) is 19.1. The number of nitrogens with zero attached hydrogens (tertiary/aromatic N) is 3. The topological polar surface area (TPSA) is 92.1 Å². The molecule has 1 rings (SSSR count). The van der Waals surface area contributed by atoms with Crippen LogP contribution in [0.2, 0.25) is 0 Å². The second kappa shape index (κ2) is 9.39. The average Bonchev–Trinajstić information content (AvgIpc) is 2.51. The number of amides is 1. The monoisotopic (exact) mass is 371 g/mol. The summed E-state index contributed by atoms with van der Waals surface area (Å²) in [7, 11) is 0. The zero-order valence-electron chi connectivity index (χ0n) is 14.3. The van der Waals surface area contributed by atoms with Crippen molar-refractivity contribution in [3.05, 3.63) is 39.8 Å². The molecule has 0 fully saturated rings. The molecule has 6 nitrogen and oxygen atoms in total. The number of rotatable bonds is 7. The van der Waals surface area contributed by atoms with Gasteiger partial charge in [0.25, 0.3) is 5.91 Å². The van der Waals surface area contributed by atoms with Crippen LogP contribution in [0.1, 0.15) is 38.1 Å². The van der Waals surface area contributed by atoms with Crippen molar-refractivity contribution >= 4 is 23.6 Å². The third kappa shape index (κ3) is 6.03. The minimum atomic E-state index is -1.16. The van der Waals surface area contributed by atoms with E-state index >= 15 is 0 Å². The van der Waals surface area contributed by atoms with Gasteiger partial charge in [0.1, 0.15) is 16.9 Å². The second-order valence-electron chi connectivity index (χ2n) is 6.06. The lowest BCUT2D eigenvalue weighted by molar-refractivity contribution is -0.144. The fourth-order valence-electron chi connectivity index (χ4n) is 1.80. The van der Waals surface area contributed by atoms with E-state index in [1.807, 2.05) is 13.8 Å². The van der Waals surface area contributed by atoms with Crippen LogP contribution in [-0.4, -0.2) is 23.7 Å². The fraction of sp³-hybridized carbons (Fsp3) is 0.500. The van der Waals surface area contributed by atoms with Gasteiger partial charge in [0, 0.05) is 15.9 Å². The van der Waals surface area contributed by atoms with Crippen molar-refractivity contribution in [1.82, 2.24) is 0 Å². The van der Waals surface area contributed by atoms with E-state index in [2.05, 4.69) is 10.0 Å². The smallest absolute Gasteiger partial charge is 0.319 e. The van der Waals surface area contributed by atoms with Crippen molar-refractivity contribution in [1.29, 1.82) is 0 Å². The molecule has 1 amide bonds. The zero-order valence-corrected chi connectivity index (χ0v) is 15.1. The molecule has 0 aromatic heterocycles. The molecule has 0 saturated heterocycles. The van der Waals surface area contributed by atoms with E-state index < -0.39 is 34.3 Å². The minimum absolute atomic E-state index is 0.0990. The highest BCUT2D eigenvalue weighted by molar-refractivity contribution is 8.00. The van der Waals surface area contributed by atoms with Gasteiger partial charge in [0.2, 0.25) is 0 Å². The third-order valence-corrected chi connectivity index (χ3v) is 4.60. The molecule has 0 spiro atoms. The molecule has 1 atom stereocenters. The van der Waals surface area contributed by atoms with Crippen molar-refractivity contribution in [2.45, 2.75) is 37.8 Å². The molecule has 0 aliphatic carbocycles. The largest absolute Gasteiger partial charge is 0.465 e. The number of benzene rings is 1. The first-order chi connectivity index (χ1) is 11.7. The molecule has 0 saturated carbocycles. The Hall–Kier alpha value is -2.12. The Balaban J connectivity index is 3.12. The number of halogens is 2. The summed E-state index contributed by atoms with van der Waals surface area (Å²) < 4.78 is 33.0. The molecule has 0 bridgehead atoms. The molecule has 1 aromatic carbocycles. The SMILES string of the molecule is CC(C)COC(=O)C(Sc1cc(C(=O)N=[N+]=[N-])c(F)cc1F)C(C)C. The summed E-state index contributed by atoms with van der Waals surface area (Å²) in [5, 5.41) is 2.07. The summed E-state index contributed by atoms with van der Waals surface area (Å²) in [5.74, 6) is -3.77. The van der Waals surface area contributed by atoms with Crippen LogP contribution in [0.25, 0.3) is 10.4 Å². The highest BCUT2D eigenvalue weighted by Crippen LogP contribution is 2.33. The summed E-state index contributed by atoms with van der Waals surface area (Å²) in [6, 6.07) is 1.47. The van der Waals surface area contributed by atoms with Gasteiger partial charge in [-0.25, -0.2) is 8.78 Å². The Kier molecular flexibility index (Phi) is 7.86. The number of azide groups is 1. The lowest BCUT2D eigenvalue weighted by Crippen LogP contribution is -2.27. The van der Waals surface area contributed by atoms with Crippen LogP contribution in [0.4, 0.5) is 8.78 Å². The normalized spacial score (nSPS) is 12.0. The summed E-state index contributed by atoms with van der Waals surface area (Å²) >= 11 is 0.838. The summed E-state index contributed by atoms with van der Waals surface area (Å²) in [6.45, 7) is 7.54. The van der Waals surface area contributed by atoms with Crippen LogP contribution < -0.4 is 0 Å². The quantitative estimate of drug-likeness (QED) is 0.228. The van der Waals surface area contributed by atoms with Gasteiger partial charge in [-0.15, -0.1) is 11.8 Å². The van der Waals surface area contributed by atoms with Crippen molar-refractivity contribution in [2.75, 3.05) is 6.61 Å². The van der Waals surface area contributed by atoms with Crippen LogP contribution in [0, 0.1) is 23.5 Å². The highest BCUT2D eigenvalue weighted by Gasteiger charge is 2.27. The predicted molar refractivity (Wildman–Crippen MR) is 90.1 cm³/mol. The maximum atomic E-state index is 14.1. The number of hydrogen-bond acceptors (Lipinski definition) is 4. The molecule has 0 heterocycles. The molecule has 0 aliphatic rings. The predicted octanol–water partition coefficient (Wildman–Crippen LogP) is 4.73. The number of ether oxygens (including phenoxy) is 1. The lowest BCUT2D eigenvalue weighted by atomic mass is 10.1. The Bertz CT molecular complexity index is 704. The summed E-state index contributed by atoms with van der Waals surface area (Å²) in [4.78, 5) is 26.0. The number of hydrogen-bond donors (Lipinski definition) is 0. The van der Waals surface area contributed by atoms with Gasteiger partial charge >= 0.3 is 5.97 Å². The molecule has 9 heteroatoms. The molecular weight excluding hydrogens is 352 g/mol. The van der Waals surface area contributed by atoms with Crippen LogP contribution >= 0.6 is 11.8 Å².